The second-order valence-electron chi connectivity index (χ2n) is 9.05. The number of esters is 2. The highest BCUT2D eigenvalue weighted by atomic mass is 16.5. The van der Waals surface area contributed by atoms with Crippen LogP contribution in [0.5, 0.6) is 0 Å². The van der Waals surface area contributed by atoms with Crippen LogP contribution >= 0.6 is 0 Å². The summed E-state index contributed by atoms with van der Waals surface area (Å²) in [5.41, 5.74) is 0. The molecule has 0 aliphatic rings. The lowest BCUT2D eigenvalue weighted by atomic mass is 9.96. The molecule has 0 N–H and O–H groups in total. The third-order valence-corrected chi connectivity index (χ3v) is 6.01. The number of hydrogen-bond acceptors (Lipinski definition) is 5. The molecular formula is C27H52O5. The topological polar surface area (TPSA) is 61.8 Å². The standard InChI is InChI=1S/C27H52O5/c1-4-6-8-9-10-11-12-13-14-15-22-31-26(28)18-16-19-27(29)32-24-21-25(17-7-5-2)20-23-30-3/h25H,4-24H2,1-3H3. The molecule has 0 radical (unpaired) electrons. The van der Waals surface area contributed by atoms with Crippen molar-refractivity contribution >= 4 is 11.9 Å². The number of hydrogen-bond donors (Lipinski definition) is 0. The summed E-state index contributed by atoms with van der Waals surface area (Å²) in [6, 6.07) is 0. The summed E-state index contributed by atoms with van der Waals surface area (Å²) in [5.74, 6) is 0.130. The van der Waals surface area contributed by atoms with Crippen LogP contribution in [-0.4, -0.2) is 38.9 Å². The highest BCUT2D eigenvalue weighted by Gasteiger charge is 2.11. The molecule has 0 saturated carbocycles. The monoisotopic (exact) mass is 456 g/mol. The van der Waals surface area contributed by atoms with Crippen LogP contribution in [0, 0.1) is 5.92 Å². The number of rotatable bonds is 24. The quantitative estimate of drug-likeness (QED) is 0.112. The summed E-state index contributed by atoms with van der Waals surface area (Å²) in [5, 5.41) is 0. The number of unbranched alkanes of at least 4 members (excludes halogenated alkanes) is 10. The highest BCUT2D eigenvalue weighted by molar-refractivity contribution is 5.72. The van der Waals surface area contributed by atoms with Crippen molar-refractivity contribution in [3.8, 4) is 0 Å². The molecule has 32 heavy (non-hydrogen) atoms. The Morgan fingerprint density at radius 3 is 1.62 bits per heavy atom. The minimum atomic E-state index is -0.214. The second kappa shape index (κ2) is 24.5. The first kappa shape index (κ1) is 30.9. The largest absolute Gasteiger partial charge is 0.466 e. The van der Waals surface area contributed by atoms with Crippen molar-refractivity contribution < 1.29 is 23.8 Å². The molecule has 0 bridgehead atoms. The molecule has 1 atom stereocenters. The molecule has 0 heterocycles. The molecule has 5 heteroatoms. The Hall–Kier alpha value is -1.10. The predicted octanol–water partition coefficient (Wildman–Crippen LogP) is 7.40. The van der Waals surface area contributed by atoms with Gasteiger partial charge in [-0.15, -0.1) is 0 Å². The number of ether oxygens (including phenoxy) is 3. The maximum Gasteiger partial charge on any atom is 0.305 e. The maximum absolute atomic E-state index is 11.9. The van der Waals surface area contributed by atoms with E-state index in [0.717, 1.165) is 38.7 Å². The fraction of sp³-hybridized carbons (Fsp3) is 0.926. The van der Waals surface area contributed by atoms with Crippen molar-refractivity contribution in [1.29, 1.82) is 0 Å². The SMILES string of the molecule is CCCCCCCCCCCCOC(=O)CCCC(=O)OCCC(CCCC)CCOC. The Labute approximate surface area is 198 Å². The molecule has 0 aliphatic heterocycles. The van der Waals surface area contributed by atoms with Gasteiger partial charge in [-0.3, -0.25) is 9.59 Å². The predicted molar refractivity (Wildman–Crippen MR) is 132 cm³/mol. The smallest absolute Gasteiger partial charge is 0.305 e. The van der Waals surface area contributed by atoms with Crippen molar-refractivity contribution in [1.82, 2.24) is 0 Å². The summed E-state index contributed by atoms with van der Waals surface area (Å²) in [6.45, 7) is 6.15. The van der Waals surface area contributed by atoms with Gasteiger partial charge in [-0.2, -0.15) is 0 Å². The number of methoxy groups -OCH3 is 1. The zero-order chi connectivity index (χ0) is 23.7. The van der Waals surface area contributed by atoms with E-state index in [-0.39, 0.29) is 18.4 Å². The molecular weight excluding hydrogens is 404 g/mol. The van der Waals surface area contributed by atoms with Crippen LogP contribution in [0.15, 0.2) is 0 Å². The summed E-state index contributed by atoms with van der Waals surface area (Å²) in [7, 11) is 1.72. The summed E-state index contributed by atoms with van der Waals surface area (Å²) in [4.78, 5) is 23.7. The normalized spacial score (nSPS) is 12.0. The van der Waals surface area contributed by atoms with Gasteiger partial charge in [0.2, 0.25) is 0 Å². The van der Waals surface area contributed by atoms with E-state index in [1.54, 1.807) is 7.11 Å². The Morgan fingerprint density at radius 2 is 1.06 bits per heavy atom. The van der Waals surface area contributed by atoms with E-state index in [0.29, 0.717) is 32.0 Å². The van der Waals surface area contributed by atoms with E-state index >= 15 is 0 Å². The molecule has 5 nitrogen and oxygen atoms in total. The van der Waals surface area contributed by atoms with Gasteiger partial charge in [0.05, 0.1) is 13.2 Å². The summed E-state index contributed by atoms with van der Waals surface area (Å²) in [6.07, 6.45) is 19.2. The number of carbonyl (C=O) groups is 2. The van der Waals surface area contributed by atoms with Gasteiger partial charge in [-0.1, -0.05) is 90.9 Å². The van der Waals surface area contributed by atoms with Crippen LogP contribution in [0.4, 0.5) is 0 Å². The van der Waals surface area contributed by atoms with Gasteiger partial charge in [-0.05, 0) is 31.6 Å². The average Bonchev–Trinajstić information content (AvgIpc) is 2.78. The van der Waals surface area contributed by atoms with Crippen molar-refractivity contribution in [2.75, 3.05) is 26.9 Å². The lowest BCUT2D eigenvalue weighted by Crippen LogP contribution is -2.12. The minimum Gasteiger partial charge on any atom is -0.466 e. The van der Waals surface area contributed by atoms with Gasteiger partial charge < -0.3 is 14.2 Å². The van der Waals surface area contributed by atoms with Gasteiger partial charge in [0, 0.05) is 26.6 Å². The van der Waals surface area contributed by atoms with Crippen LogP contribution in [-0.2, 0) is 23.8 Å². The van der Waals surface area contributed by atoms with E-state index in [1.165, 1.54) is 64.2 Å². The fourth-order valence-electron chi connectivity index (χ4n) is 3.85. The first-order chi connectivity index (χ1) is 15.6. The lowest BCUT2D eigenvalue weighted by Gasteiger charge is -2.16. The van der Waals surface area contributed by atoms with Crippen molar-refractivity contribution in [2.24, 2.45) is 5.92 Å². The zero-order valence-corrected chi connectivity index (χ0v) is 21.5. The van der Waals surface area contributed by atoms with Gasteiger partial charge >= 0.3 is 11.9 Å². The third kappa shape index (κ3) is 22.1. The zero-order valence-electron chi connectivity index (χ0n) is 21.5. The Morgan fingerprint density at radius 1 is 0.562 bits per heavy atom. The molecule has 0 aromatic rings. The molecule has 0 aromatic heterocycles. The third-order valence-electron chi connectivity index (χ3n) is 6.01. The minimum absolute atomic E-state index is 0.201. The van der Waals surface area contributed by atoms with Gasteiger partial charge in [-0.25, -0.2) is 0 Å². The molecule has 0 amide bonds. The van der Waals surface area contributed by atoms with Crippen LogP contribution in [0.2, 0.25) is 0 Å². The molecule has 0 fully saturated rings. The molecule has 190 valence electrons. The molecule has 0 rings (SSSR count). The van der Waals surface area contributed by atoms with E-state index in [1.807, 2.05) is 0 Å². The molecule has 0 aliphatic carbocycles. The number of carbonyl (C=O) groups excluding carboxylic acids is 2. The average molecular weight is 457 g/mol. The maximum atomic E-state index is 11.9. The summed E-state index contributed by atoms with van der Waals surface area (Å²) >= 11 is 0. The van der Waals surface area contributed by atoms with Gasteiger partial charge in [0.25, 0.3) is 0 Å². The van der Waals surface area contributed by atoms with Gasteiger partial charge in [0.15, 0.2) is 0 Å². The van der Waals surface area contributed by atoms with Crippen molar-refractivity contribution in [2.45, 2.75) is 129 Å². The second-order valence-corrected chi connectivity index (χ2v) is 9.05. The van der Waals surface area contributed by atoms with Crippen molar-refractivity contribution in [3.05, 3.63) is 0 Å². The molecule has 0 aromatic carbocycles. The van der Waals surface area contributed by atoms with Crippen LogP contribution in [0.3, 0.4) is 0 Å². The van der Waals surface area contributed by atoms with Gasteiger partial charge in [0.1, 0.15) is 0 Å². The van der Waals surface area contributed by atoms with E-state index < -0.39 is 0 Å². The Bertz CT molecular complexity index is 416. The van der Waals surface area contributed by atoms with E-state index in [2.05, 4.69) is 13.8 Å². The Balaban J connectivity index is 3.55. The summed E-state index contributed by atoms with van der Waals surface area (Å²) < 4.78 is 15.8. The van der Waals surface area contributed by atoms with E-state index in [4.69, 9.17) is 14.2 Å². The molecule has 0 spiro atoms. The highest BCUT2D eigenvalue weighted by Crippen LogP contribution is 2.17. The van der Waals surface area contributed by atoms with Crippen LogP contribution in [0.1, 0.15) is 129 Å². The molecule has 0 saturated heterocycles. The first-order valence-corrected chi connectivity index (χ1v) is 13.4. The van der Waals surface area contributed by atoms with Crippen LogP contribution < -0.4 is 0 Å². The van der Waals surface area contributed by atoms with E-state index in [9.17, 15) is 9.59 Å². The first-order valence-electron chi connectivity index (χ1n) is 13.4. The van der Waals surface area contributed by atoms with Crippen LogP contribution in [0.25, 0.3) is 0 Å². The fourth-order valence-corrected chi connectivity index (χ4v) is 3.85. The van der Waals surface area contributed by atoms with Crippen molar-refractivity contribution in [3.63, 3.8) is 0 Å². The lowest BCUT2D eigenvalue weighted by molar-refractivity contribution is -0.145. The molecule has 1 unspecified atom stereocenters. The Kier molecular flexibility index (Phi) is 23.7.